The number of anilines is 1. The van der Waals surface area contributed by atoms with Crippen LogP contribution >= 0.6 is 23.2 Å². The number of rotatable bonds is 6. The molecule has 0 radical (unpaired) electrons. The summed E-state index contributed by atoms with van der Waals surface area (Å²) in [6.07, 6.45) is 6.87. The van der Waals surface area contributed by atoms with Crippen LogP contribution in [0.2, 0.25) is 10.0 Å². The van der Waals surface area contributed by atoms with E-state index in [0.29, 0.717) is 22.5 Å². The molecule has 0 atom stereocenters. The van der Waals surface area contributed by atoms with Crippen molar-refractivity contribution >= 4 is 34.8 Å². The van der Waals surface area contributed by atoms with Gasteiger partial charge in [-0.05, 0) is 45.6 Å². The van der Waals surface area contributed by atoms with E-state index < -0.39 is 0 Å². The Morgan fingerprint density at radius 1 is 1.10 bits per heavy atom. The van der Waals surface area contributed by atoms with Crippen LogP contribution in [0.4, 0.5) is 5.69 Å². The summed E-state index contributed by atoms with van der Waals surface area (Å²) in [6, 6.07) is 6.28. The van der Waals surface area contributed by atoms with Crippen LogP contribution in [0.5, 0.6) is 0 Å². The van der Waals surface area contributed by atoms with Crippen molar-refractivity contribution in [3.05, 3.63) is 28.2 Å². The normalized spacial score (nSPS) is 18.1. The molecule has 0 spiro atoms. The molecule has 1 saturated heterocycles. The van der Waals surface area contributed by atoms with Crippen LogP contribution in [-0.4, -0.2) is 75.1 Å². The lowest BCUT2D eigenvalue weighted by Gasteiger charge is -2.36. The predicted molar refractivity (Wildman–Crippen MR) is 129 cm³/mol. The minimum Gasteiger partial charge on any atom is -0.368 e. The third-order valence-electron chi connectivity index (χ3n) is 5.85. The highest BCUT2D eigenvalue weighted by Gasteiger charge is 2.18. The second kappa shape index (κ2) is 13.4. The van der Waals surface area contributed by atoms with Crippen LogP contribution in [0.3, 0.4) is 0 Å². The molecule has 5 nitrogen and oxygen atoms in total. The molecule has 1 aromatic rings. The Morgan fingerprint density at radius 3 is 2.37 bits per heavy atom. The number of benzene rings is 1. The summed E-state index contributed by atoms with van der Waals surface area (Å²) < 4.78 is 0. The van der Waals surface area contributed by atoms with Gasteiger partial charge in [-0.3, -0.25) is 4.79 Å². The van der Waals surface area contributed by atoms with Gasteiger partial charge in [-0.25, -0.2) is 0 Å². The smallest absolute Gasteiger partial charge is 0.221 e. The van der Waals surface area contributed by atoms with Gasteiger partial charge in [0.25, 0.3) is 0 Å². The number of likely N-dealkylation sites (N-methyl/N-ethyl adjacent to an activating group) is 1. The van der Waals surface area contributed by atoms with Gasteiger partial charge in [-0.2, -0.15) is 0 Å². The number of hydrogen-bond acceptors (Lipinski definition) is 4. The Labute approximate surface area is 192 Å². The molecule has 2 aliphatic rings. The van der Waals surface area contributed by atoms with E-state index in [1.54, 1.807) is 0 Å². The number of nitrogens with one attached hydrogen (secondary N) is 1. The molecule has 1 aliphatic heterocycles. The average Bonchev–Trinajstić information content (AvgIpc) is 2.75. The number of hydrogen-bond donors (Lipinski definition) is 1. The maximum atomic E-state index is 11.5. The molecule has 0 bridgehead atoms. The van der Waals surface area contributed by atoms with Gasteiger partial charge in [-0.1, -0.05) is 55.5 Å². The molecule has 30 heavy (non-hydrogen) atoms. The molecule has 0 unspecified atom stereocenters. The predicted octanol–water partition coefficient (Wildman–Crippen LogP) is 4.52. The first kappa shape index (κ1) is 25.3. The van der Waals surface area contributed by atoms with Crippen LogP contribution in [0.1, 0.15) is 45.4 Å². The highest BCUT2D eigenvalue weighted by atomic mass is 35.5. The Bertz CT molecular complexity index is 642. The molecule has 3 rings (SSSR count). The fraction of sp³-hybridized carbons (Fsp3) is 0.696. The summed E-state index contributed by atoms with van der Waals surface area (Å²) in [6.45, 7) is 8.40. The van der Waals surface area contributed by atoms with Gasteiger partial charge in [0.05, 0.1) is 15.7 Å². The zero-order valence-electron chi connectivity index (χ0n) is 18.8. The third-order valence-corrected chi connectivity index (χ3v) is 6.66. The molecule has 0 aromatic heterocycles. The van der Waals surface area contributed by atoms with E-state index in [4.69, 9.17) is 23.2 Å². The van der Waals surface area contributed by atoms with Gasteiger partial charge in [0.1, 0.15) is 0 Å². The van der Waals surface area contributed by atoms with E-state index in [9.17, 15) is 4.79 Å². The van der Waals surface area contributed by atoms with Crippen molar-refractivity contribution in [3.8, 4) is 0 Å². The summed E-state index contributed by atoms with van der Waals surface area (Å²) in [4.78, 5) is 18.3. The van der Waals surface area contributed by atoms with Crippen LogP contribution in [0.15, 0.2) is 18.2 Å². The number of amides is 1. The lowest BCUT2D eigenvalue weighted by molar-refractivity contribution is -0.122. The molecule has 1 amide bonds. The second-order valence-electron chi connectivity index (χ2n) is 8.45. The van der Waals surface area contributed by atoms with E-state index >= 15 is 0 Å². The van der Waals surface area contributed by atoms with Gasteiger partial charge in [-0.15, -0.1) is 0 Å². The largest absolute Gasteiger partial charge is 0.368 e. The highest BCUT2D eigenvalue weighted by molar-refractivity contribution is 6.43. The topological polar surface area (TPSA) is 38.8 Å². The average molecular weight is 457 g/mol. The monoisotopic (exact) mass is 456 g/mol. The molecule has 1 aliphatic carbocycles. The quantitative estimate of drug-likeness (QED) is 0.682. The molecule has 2 fully saturated rings. The van der Waals surface area contributed by atoms with Crippen molar-refractivity contribution in [1.29, 1.82) is 0 Å². The molecule has 1 heterocycles. The fourth-order valence-electron chi connectivity index (χ4n) is 3.91. The lowest BCUT2D eigenvalue weighted by Crippen LogP contribution is -2.46. The summed E-state index contributed by atoms with van der Waals surface area (Å²) >= 11 is 12.2. The summed E-state index contributed by atoms with van der Waals surface area (Å²) in [5, 5.41) is 4.42. The molecule has 170 valence electrons. The number of carbonyl (C=O) groups excluding carboxylic acids is 1. The number of piperazine rings is 1. The summed E-state index contributed by atoms with van der Waals surface area (Å²) in [5.41, 5.74) is 1.06. The number of carbonyl (C=O) groups is 1. The SMILES string of the molecule is CCN1CCN(c2cccc(Cl)c2Cl)CC1.CN(C)CCC(=O)NC1CCCCC1. The van der Waals surface area contributed by atoms with Crippen LogP contribution in [-0.2, 0) is 4.79 Å². The molecule has 7 heteroatoms. The zero-order valence-corrected chi connectivity index (χ0v) is 20.3. The van der Waals surface area contributed by atoms with Gasteiger partial charge in [0.15, 0.2) is 0 Å². The molecule has 1 saturated carbocycles. The Kier molecular flexibility index (Phi) is 11.3. The maximum absolute atomic E-state index is 11.5. The zero-order chi connectivity index (χ0) is 21.9. The van der Waals surface area contributed by atoms with E-state index in [0.717, 1.165) is 45.0 Å². The van der Waals surface area contributed by atoms with Crippen LogP contribution in [0.25, 0.3) is 0 Å². The van der Waals surface area contributed by atoms with Gasteiger partial charge in [0, 0.05) is 45.2 Å². The highest BCUT2D eigenvalue weighted by Crippen LogP contribution is 2.32. The standard InChI is InChI=1S/C12H16Cl2N2.C11H22N2O/c1-2-15-6-8-16(9-7-15)11-5-3-4-10(13)12(11)14;1-13(2)9-8-11(14)12-10-6-4-3-5-7-10/h3-5H,2,6-9H2,1H3;10H,3-9H2,1-2H3,(H,12,14). The van der Waals surface area contributed by atoms with Crippen molar-refractivity contribution in [2.45, 2.75) is 51.5 Å². The maximum Gasteiger partial charge on any atom is 0.221 e. The van der Waals surface area contributed by atoms with E-state index in [-0.39, 0.29) is 5.91 Å². The lowest BCUT2D eigenvalue weighted by atomic mass is 9.95. The summed E-state index contributed by atoms with van der Waals surface area (Å²) in [5.74, 6) is 0.214. The number of halogens is 2. The van der Waals surface area contributed by atoms with Crippen molar-refractivity contribution in [2.24, 2.45) is 0 Å². The number of nitrogens with zero attached hydrogens (tertiary/aromatic N) is 3. The van der Waals surface area contributed by atoms with Crippen LogP contribution < -0.4 is 10.2 Å². The van der Waals surface area contributed by atoms with E-state index in [1.165, 1.54) is 32.1 Å². The first-order valence-corrected chi connectivity index (χ1v) is 12.0. The molecular weight excluding hydrogens is 419 g/mol. The Hall–Kier alpha value is -1.01. The van der Waals surface area contributed by atoms with Crippen molar-refractivity contribution in [2.75, 3.05) is 58.3 Å². The van der Waals surface area contributed by atoms with Gasteiger partial charge in [0.2, 0.25) is 5.91 Å². The van der Waals surface area contributed by atoms with Crippen molar-refractivity contribution in [1.82, 2.24) is 15.1 Å². The Morgan fingerprint density at radius 2 is 1.77 bits per heavy atom. The van der Waals surface area contributed by atoms with Crippen molar-refractivity contribution in [3.63, 3.8) is 0 Å². The minimum atomic E-state index is 0.214. The van der Waals surface area contributed by atoms with Gasteiger partial charge >= 0.3 is 0 Å². The fourth-order valence-corrected chi connectivity index (χ4v) is 4.33. The molecule has 1 N–H and O–H groups in total. The second-order valence-corrected chi connectivity index (χ2v) is 9.24. The van der Waals surface area contributed by atoms with Gasteiger partial charge < -0.3 is 20.0 Å². The van der Waals surface area contributed by atoms with E-state index in [1.807, 2.05) is 37.2 Å². The Balaban J connectivity index is 0.000000216. The van der Waals surface area contributed by atoms with E-state index in [2.05, 4.69) is 22.0 Å². The first-order chi connectivity index (χ1) is 14.4. The minimum absolute atomic E-state index is 0.214. The summed E-state index contributed by atoms with van der Waals surface area (Å²) in [7, 11) is 3.99. The van der Waals surface area contributed by atoms with Crippen molar-refractivity contribution < 1.29 is 4.79 Å². The third kappa shape index (κ3) is 8.62. The molecule has 1 aromatic carbocycles. The first-order valence-electron chi connectivity index (χ1n) is 11.3. The van der Waals surface area contributed by atoms with Crippen LogP contribution in [0, 0.1) is 0 Å². The molecular formula is C23H38Cl2N4O.